The van der Waals surface area contributed by atoms with E-state index in [1.807, 2.05) is 6.92 Å². The zero-order valence-corrected chi connectivity index (χ0v) is 13.4. The van der Waals surface area contributed by atoms with Crippen LogP contribution in [0.25, 0.3) is 0 Å². The summed E-state index contributed by atoms with van der Waals surface area (Å²) in [7, 11) is 3.30. The Morgan fingerprint density at radius 1 is 1.43 bits per heavy atom. The van der Waals surface area contributed by atoms with Crippen LogP contribution in [0.3, 0.4) is 0 Å². The average molecular weight is 305 g/mol. The fourth-order valence-corrected chi connectivity index (χ4v) is 2.87. The van der Waals surface area contributed by atoms with Crippen molar-refractivity contribution in [3.05, 3.63) is 40.2 Å². The van der Waals surface area contributed by atoms with Crippen LogP contribution in [0, 0.1) is 6.92 Å². The van der Waals surface area contributed by atoms with E-state index in [-0.39, 0.29) is 12.1 Å². The number of thiophene rings is 1. The fraction of sp³-hybridized carbons (Fsp3) is 0.333. The van der Waals surface area contributed by atoms with E-state index in [9.17, 15) is 4.79 Å². The summed E-state index contributed by atoms with van der Waals surface area (Å²) in [5.41, 5.74) is 0.561. The minimum atomic E-state index is -0.195. The molecule has 112 valence electrons. The molecule has 0 bridgehead atoms. The van der Waals surface area contributed by atoms with E-state index in [2.05, 4.69) is 29.4 Å². The minimum absolute atomic E-state index is 0.00589. The summed E-state index contributed by atoms with van der Waals surface area (Å²) in [6.07, 6.45) is 1.62. The summed E-state index contributed by atoms with van der Waals surface area (Å²) in [6.45, 7) is 4.06. The monoisotopic (exact) mass is 305 g/mol. The highest BCUT2D eigenvalue weighted by Crippen LogP contribution is 2.27. The molecular weight excluding hydrogens is 286 g/mol. The van der Waals surface area contributed by atoms with Gasteiger partial charge in [-0.3, -0.25) is 0 Å². The standard InChI is InChI=1S/C15H19N3O2S/c1-10-7-8-13(21-10)11(2)18(3)15(19)17-12-6-5-9-16-14(12)20-4/h5-9,11H,1-4H3,(H,17,19). The molecule has 0 spiro atoms. The van der Waals surface area contributed by atoms with Crippen molar-refractivity contribution < 1.29 is 9.53 Å². The van der Waals surface area contributed by atoms with Crippen molar-refractivity contribution in [1.82, 2.24) is 9.88 Å². The number of amides is 2. The largest absolute Gasteiger partial charge is 0.480 e. The van der Waals surface area contributed by atoms with E-state index in [1.165, 1.54) is 12.0 Å². The lowest BCUT2D eigenvalue weighted by Crippen LogP contribution is -2.33. The molecule has 21 heavy (non-hydrogen) atoms. The number of hydrogen-bond donors (Lipinski definition) is 1. The Labute approximate surface area is 128 Å². The SMILES string of the molecule is COc1ncccc1NC(=O)N(C)C(C)c1ccc(C)s1. The van der Waals surface area contributed by atoms with Crippen molar-refractivity contribution in [3.63, 3.8) is 0 Å². The molecule has 2 aromatic rings. The number of aromatic nitrogens is 1. The van der Waals surface area contributed by atoms with Gasteiger partial charge in [0.25, 0.3) is 0 Å². The fourth-order valence-electron chi connectivity index (χ4n) is 1.90. The van der Waals surface area contributed by atoms with Crippen molar-refractivity contribution in [2.75, 3.05) is 19.5 Å². The number of hydrogen-bond acceptors (Lipinski definition) is 4. The molecule has 0 saturated carbocycles. The lowest BCUT2D eigenvalue weighted by molar-refractivity contribution is 0.209. The number of carbonyl (C=O) groups is 1. The minimum Gasteiger partial charge on any atom is -0.480 e. The van der Waals surface area contributed by atoms with E-state index in [0.717, 1.165) is 4.88 Å². The molecule has 1 atom stereocenters. The second-order valence-electron chi connectivity index (χ2n) is 4.73. The molecule has 5 nitrogen and oxygen atoms in total. The number of aryl methyl sites for hydroxylation is 1. The molecule has 0 aliphatic rings. The topological polar surface area (TPSA) is 54.5 Å². The van der Waals surface area contributed by atoms with Crippen LogP contribution in [-0.2, 0) is 0 Å². The first-order valence-electron chi connectivity index (χ1n) is 6.62. The highest BCUT2D eigenvalue weighted by molar-refractivity contribution is 7.12. The number of urea groups is 1. The highest BCUT2D eigenvalue weighted by atomic mass is 32.1. The van der Waals surface area contributed by atoms with Crippen molar-refractivity contribution in [3.8, 4) is 5.88 Å². The molecule has 0 aliphatic heterocycles. The smallest absolute Gasteiger partial charge is 0.322 e. The molecule has 2 amide bonds. The maximum Gasteiger partial charge on any atom is 0.322 e. The number of anilines is 1. The third-order valence-electron chi connectivity index (χ3n) is 3.28. The first kappa shape index (κ1) is 15.3. The zero-order chi connectivity index (χ0) is 15.4. The molecule has 6 heteroatoms. The number of carbonyl (C=O) groups excluding carboxylic acids is 1. The van der Waals surface area contributed by atoms with Gasteiger partial charge in [-0.05, 0) is 38.1 Å². The first-order valence-corrected chi connectivity index (χ1v) is 7.43. The van der Waals surface area contributed by atoms with Crippen LogP contribution >= 0.6 is 11.3 Å². The van der Waals surface area contributed by atoms with Crippen LogP contribution in [0.1, 0.15) is 22.7 Å². The van der Waals surface area contributed by atoms with Gasteiger partial charge in [0.1, 0.15) is 5.69 Å². The van der Waals surface area contributed by atoms with Crippen molar-refractivity contribution in [1.29, 1.82) is 0 Å². The van der Waals surface area contributed by atoms with Crippen LogP contribution in [0.15, 0.2) is 30.5 Å². The Hall–Kier alpha value is -2.08. The van der Waals surface area contributed by atoms with Gasteiger partial charge in [-0.25, -0.2) is 9.78 Å². The Kier molecular flexibility index (Phi) is 4.80. The lowest BCUT2D eigenvalue weighted by Gasteiger charge is -2.24. The van der Waals surface area contributed by atoms with Crippen LogP contribution in [0.2, 0.25) is 0 Å². The van der Waals surface area contributed by atoms with Gasteiger partial charge in [0.15, 0.2) is 0 Å². The Bertz CT molecular complexity index is 627. The van der Waals surface area contributed by atoms with E-state index in [1.54, 1.807) is 41.6 Å². The summed E-state index contributed by atoms with van der Waals surface area (Å²) in [5, 5.41) is 2.82. The normalized spacial score (nSPS) is 11.8. The summed E-state index contributed by atoms with van der Waals surface area (Å²) in [4.78, 5) is 20.5. The second-order valence-corrected chi connectivity index (χ2v) is 6.05. The molecule has 0 aliphatic carbocycles. The molecule has 2 rings (SSSR count). The Balaban J connectivity index is 2.09. The molecule has 2 aromatic heterocycles. The molecule has 2 heterocycles. The summed E-state index contributed by atoms with van der Waals surface area (Å²) in [5.74, 6) is 0.402. The van der Waals surface area contributed by atoms with Crippen LogP contribution in [-0.4, -0.2) is 30.1 Å². The maximum atomic E-state index is 12.3. The van der Waals surface area contributed by atoms with Gasteiger partial charge < -0.3 is 15.0 Å². The van der Waals surface area contributed by atoms with Crippen molar-refractivity contribution in [2.24, 2.45) is 0 Å². The maximum absolute atomic E-state index is 12.3. The molecule has 1 N–H and O–H groups in total. The number of nitrogens with zero attached hydrogens (tertiary/aromatic N) is 2. The number of methoxy groups -OCH3 is 1. The van der Waals surface area contributed by atoms with Crippen LogP contribution in [0.5, 0.6) is 5.88 Å². The number of ether oxygens (including phenoxy) is 1. The Morgan fingerprint density at radius 2 is 2.19 bits per heavy atom. The number of pyridine rings is 1. The highest BCUT2D eigenvalue weighted by Gasteiger charge is 2.19. The Morgan fingerprint density at radius 3 is 2.81 bits per heavy atom. The quantitative estimate of drug-likeness (QED) is 0.937. The first-order chi connectivity index (χ1) is 10.0. The summed E-state index contributed by atoms with van der Waals surface area (Å²) in [6, 6.07) is 7.44. The molecule has 0 radical (unpaired) electrons. The number of nitrogens with one attached hydrogen (secondary N) is 1. The molecule has 1 unspecified atom stereocenters. The van der Waals surface area contributed by atoms with Gasteiger partial charge >= 0.3 is 6.03 Å². The zero-order valence-electron chi connectivity index (χ0n) is 12.6. The second kappa shape index (κ2) is 6.58. The number of rotatable bonds is 4. The predicted octanol–water partition coefficient (Wildman–Crippen LogP) is 3.69. The van der Waals surface area contributed by atoms with Gasteiger partial charge in [-0.2, -0.15) is 0 Å². The molecule has 0 fully saturated rings. The van der Waals surface area contributed by atoms with Crippen molar-refractivity contribution in [2.45, 2.75) is 19.9 Å². The van der Waals surface area contributed by atoms with E-state index in [4.69, 9.17) is 4.74 Å². The third kappa shape index (κ3) is 3.52. The lowest BCUT2D eigenvalue weighted by atomic mass is 10.2. The van der Waals surface area contributed by atoms with Crippen LogP contribution < -0.4 is 10.1 Å². The van der Waals surface area contributed by atoms with Crippen molar-refractivity contribution >= 4 is 23.1 Å². The van der Waals surface area contributed by atoms with E-state index < -0.39 is 0 Å². The molecule has 0 saturated heterocycles. The molecule has 0 aromatic carbocycles. The third-order valence-corrected chi connectivity index (χ3v) is 4.45. The van der Waals surface area contributed by atoms with Gasteiger partial charge in [0.2, 0.25) is 5.88 Å². The van der Waals surface area contributed by atoms with Gasteiger partial charge in [-0.15, -0.1) is 11.3 Å². The van der Waals surface area contributed by atoms with E-state index in [0.29, 0.717) is 11.6 Å². The van der Waals surface area contributed by atoms with Gasteiger partial charge in [0.05, 0.1) is 13.2 Å². The van der Waals surface area contributed by atoms with Gasteiger partial charge in [0, 0.05) is 23.0 Å². The van der Waals surface area contributed by atoms with Crippen LogP contribution in [0.4, 0.5) is 10.5 Å². The predicted molar refractivity (Wildman–Crippen MR) is 85.0 cm³/mol. The summed E-state index contributed by atoms with van der Waals surface area (Å²) < 4.78 is 5.13. The van der Waals surface area contributed by atoms with E-state index >= 15 is 0 Å². The molecular formula is C15H19N3O2S. The summed E-state index contributed by atoms with van der Waals surface area (Å²) >= 11 is 1.70. The van der Waals surface area contributed by atoms with Gasteiger partial charge in [-0.1, -0.05) is 0 Å². The average Bonchev–Trinajstić information content (AvgIpc) is 2.92.